The number of benzene rings is 2. The molecule has 3 heteroatoms. The van der Waals surface area contributed by atoms with Crippen LogP contribution in [0.5, 0.6) is 0 Å². The smallest absolute Gasteiger partial charge is 0.328 e. The second-order valence-corrected chi connectivity index (χ2v) is 4.57. The van der Waals surface area contributed by atoms with Crippen LogP contribution in [-0.2, 0) is 4.79 Å². The number of hydrogen-bond donors (Lipinski definition) is 2. The van der Waals surface area contributed by atoms with E-state index in [2.05, 4.69) is 24.4 Å². The largest absolute Gasteiger partial charge is 0.478 e. The molecule has 0 aromatic heterocycles. The van der Waals surface area contributed by atoms with Crippen molar-refractivity contribution in [1.82, 2.24) is 0 Å². The van der Waals surface area contributed by atoms with Gasteiger partial charge in [0.2, 0.25) is 0 Å². The van der Waals surface area contributed by atoms with E-state index in [-0.39, 0.29) is 0 Å². The van der Waals surface area contributed by atoms with E-state index in [9.17, 15) is 4.79 Å². The third-order valence-corrected chi connectivity index (χ3v) is 3.17. The van der Waals surface area contributed by atoms with E-state index in [1.54, 1.807) is 6.08 Å². The van der Waals surface area contributed by atoms with Crippen LogP contribution in [0.1, 0.15) is 11.1 Å². The Kier molecular flexibility index (Phi) is 4.20. The fraction of sp³-hybridized carbons (Fsp3) is 0.118. The fourth-order valence-electron chi connectivity index (χ4n) is 2.03. The Bertz CT molecular complexity index is 643. The monoisotopic (exact) mass is 267 g/mol. The number of aliphatic carboxylic acids is 1. The summed E-state index contributed by atoms with van der Waals surface area (Å²) in [5.74, 6) is -0.938. The predicted octanol–water partition coefficient (Wildman–Crippen LogP) is 3.80. The van der Waals surface area contributed by atoms with Crippen molar-refractivity contribution in [3.63, 3.8) is 0 Å². The minimum Gasteiger partial charge on any atom is -0.478 e. The summed E-state index contributed by atoms with van der Waals surface area (Å²) in [5, 5.41) is 11.7. The second kappa shape index (κ2) is 6.06. The lowest BCUT2D eigenvalue weighted by atomic mass is 9.99. The molecule has 2 aromatic carbocycles. The Balaban J connectivity index is 2.32. The van der Waals surface area contributed by atoms with Gasteiger partial charge in [0.1, 0.15) is 0 Å². The highest BCUT2D eigenvalue weighted by Gasteiger charge is 2.03. The van der Waals surface area contributed by atoms with E-state index in [0.29, 0.717) is 0 Å². The molecule has 0 fully saturated rings. The van der Waals surface area contributed by atoms with Gasteiger partial charge in [0, 0.05) is 18.8 Å². The Labute approximate surface area is 118 Å². The maximum Gasteiger partial charge on any atom is 0.328 e. The summed E-state index contributed by atoms with van der Waals surface area (Å²) < 4.78 is 0. The zero-order valence-electron chi connectivity index (χ0n) is 11.6. The fourth-order valence-corrected chi connectivity index (χ4v) is 2.03. The highest BCUT2D eigenvalue weighted by Crippen LogP contribution is 2.26. The Morgan fingerprint density at radius 3 is 2.45 bits per heavy atom. The minimum atomic E-state index is -0.938. The van der Waals surface area contributed by atoms with Gasteiger partial charge >= 0.3 is 5.97 Å². The van der Waals surface area contributed by atoms with Gasteiger partial charge in [-0.1, -0.05) is 30.3 Å². The molecule has 2 N–H and O–H groups in total. The third-order valence-electron chi connectivity index (χ3n) is 3.17. The average Bonchev–Trinajstić information content (AvgIpc) is 2.46. The highest BCUT2D eigenvalue weighted by atomic mass is 16.4. The van der Waals surface area contributed by atoms with E-state index >= 15 is 0 Å². The number of hydrogen-bond acceptors (Lipinski definition) is 2. The summed E-state index contributed by atoms with van der Waals surface area (Å²) in [5.41, 5.74) is 5.44. The van der Waals surface area contributed by atoms with Gasteiger partial charge in [-0.15, -0.1) is 0 Å². The molecule has 0 amide bonds. The van der Waals surface area contributed by atoms with Crippen molar-refractivity contribution in [3.8, 4) is 11.1 Å². The number of anilines is 1. The van der Waals surface area contributed by atoms with Crippen LogP contribution in [0.3, 0.4) is 0 Å². The molecular formula is C17H17NO2. The third kappa shape index (κ3) is 3.26. The molecule has 0 saturated heterocycles. The molecular weight excluding hydrogens is 250 g/mol. The first-order chi connectivity index (χ1) is 9.60. The SMILES string of the molecule is CNc1ccc(C)c(-c2ccc(C=CC(=O)O)cc2)c1. The van der Waals surface area contributed by atoms with Crippen LogP contribution < -0.4 is 5.32 Å². The number of carboxylic acids is 1. The van der Waals surface area contributed by atoms with Crippen molar-refractivity contribution < 1.29 is 9.90 Å². The molecule has 0 spiro atoms. The van der Waals surface area contributed by atoms with Crippen LogP contribution in [0.2, 0.25) is 0 Å². The maximum absolute atomic E-state index is 10.5. The number of nitrogens with one attached hydrogen (secondary N) is 1. The van der Waals surface area contributed by atoms with Crippen LogP contribution >= 0.6 is 0 Å². The first-order valence-electron chi connectivity index (χ1n) is 6.40. The first-order valence-corrected chi connectivity index (χ1v) is 6.40. The summed E-state index contributed by atoms with van der Waals surface area (Å²) >= 11 is 0. The molecule has 0 atom stereocenters. The molecule has 0 saturated carbocycles. The average molecular weight is 267 g/mol. The summed E-state index contributed by atoms with van der Waals surface area (Å²) in [6.45, 7) is 2.08. The van der Waals surface area contributed by atoms with Crippen LogP contribution in [-0.4, -0.2) is 18.1 Å². The number of carboxylic acid groups (broad SMARTS) is 1. The standard InChI is InChI=1S/C17H17NO2/c1-12-3-9-15(18-2)11-16(12)14-7-4-13(5-8-14)6-10-17(19)20/h3-11,18H,1-2H3,(H,19,20). The predicted molar refractivity (Wildman–Crippen MR) is 82.8 cm³/mol. The minimum absolute atomic E-state index is 0.874. The van der Waals surface area contributed by atoms with Crippen LogP contribution in [0.4, 0.5) is 5.69 Å². The molecule has 0 heterocycles. The van der Waals surface area contributed by atoms with Gasteiger partial charge in [0.05, 0.1) is 0 Å². The summed E-state index contributed by atoms with van der Waals surface area (Å²) in [6, 6.07) is 14.1. The van der Waals surface area contributed by atoms with Crippen LogP contribution in [0, 0.1) is 6.92 Å². The normalized spacial score (nSPS) is 10.7. The van der Waals surface area contributed by atoms with Gasteiger partial charge in [-0.25, -0.2) is 4.79 Å². The van der Waals surface area contributed by atoms with Crippen molar-refractivity contribution in [1.29, 1.82) is 0 Å². The zero-order chi connectivity index (χ0) is 14.5. The van der Waals surface area contributed by atoms with E-state index in [1.807, 2.05) is 37.4 Å². The molecule has 0 radical (unpaired) electrons. The number of carbonyl (C=O) groups is 1. The van der Waals surface area contributed by atoms with Gasteiger partial charge in [-0.05, 0) is 47.4 Å². The summed E-state index contributed by atoms with van der Waals surface area (Å²) in [6.07, 6.45) is 2.73. The number of aryl methyl sites for hydroxylation is 1. The Hall–Kier alpha value is -2.55. The van der Waals surface area contributed by atoms with Crippen molar-refractivity contribution in [2.45, 2.75) is 6.92 Å². The summed E-state index contributed by atoms with van der Waals surface area (Å²) in [4.78, 5) is 10.5. The van der Waals surface area contributed by atoms with Gasteiger partial charge in [-0.2, -0.15) is 0 Å². The topological polar surface area (TPSA) is 49.3 Å². The molecule has 0 bridgehead atoms. The van der Waals surface area contributed by atoms with Crippen LogP contribution in [0.25, 0.3) is 17.2 Å². The lowest BCUT2D eigenvalue weighted by Gasteiger charge is -2.09. The Morgan fingerprint density at radius 1 is 1.15 bits per heavy atom. The second-order valence-electron chi connectivity index (χ2n) is 4.57. The van der Waals surface area contributed by atoms with Crippen molar-refractivity contribution in [2.24, 2.45) is 0 Å². The van der Waals surface area contributed by atoms with Crippen molar-refractivity contribution in [2.75, 3.05) is 12.4 Å². The molecule has 0 aliphatic heterocycles. The first kappa shape index (κ1) is 13.9. The van der Waals surface area contributed by atoms with Gasteiger partial charge < -0.3 is 10.4 Å². The zero-order valence-corrected chi connectivity index (χ0v) is 11.6. The molecule has 0 aliphatic carbocycles. The summed E-state index contributed by atoms with van der Waals surface area (Å²) in [7, 11) is 1.90. The highest BCUT2D eigenvalue weighted by molar-refractivity contribution is 5.85. The molecule has 20 heavy (non-hydrogen) atoms. The van der Waals surface area contributed by atoms with Gasteiger partial charge in [0.25, 0.3) is 0 Å². The number of rotatable bonds is 4. The lowest BCUT2D eigenvalue weighted by Crippen LogP contribution is -1.90. The van der Waals surface area contributed by atoms with Crippen molar-refractivity contribution in [3.05, 3.63) is 59.7 Å². The molecule has 0 aliphatic rings. The Morgan fingerprint density at radius 2 is 1.85 bits per heavy atom. The van der Waals surface area contributed by atoms with Gasteiger partial charge in [-0.3, -0.25) is 0 Å². The molecule has 2 aromatic rings. The maximum atomic E-state index is 10.5. The molecule has 102 valence electrons. The van der Waals surface area contributed by atoms with E-state index in [4.69, 9.17) is 5.11 Å². The van der Waals surface area contributed by atoms with Gasteiger partial charge in [0.15, 0.2) is 0 Å². The van der Waals surface area contributed by atoms with E-state index in [0.717, 1.165) is 22.9 Å². The van der Waals surface area contributed by atoms with E-state index in [1.165, 1.54) is 11.1 Å². The van der Waals surface area contributed by atoms with Crippen molar-refractivity contribution >= 4 is 17.7 Å². The van der Waals surface area contributed by atoms with Crippen LogP contribution in [0.15, 0.2) is 48.5 Å². The molecule has 0 unspecified atom stereocenters. The van der Waals surface area contributed by atoms with E-state index < -0.39 is 5.97 Å². The molecule has 3 nitrogen and oxygen atoms in total. The lowest BCUT2D eigenvalue weighted by molar-refractivity contribution is -0.131. The quantitative estimate of drug-likeness (QED) is 0.828. The molecule has 2 rings (SSSR count).